The van der Waals surface area contributed by atoms with Crippen molar-refractivity contribution < 1.29 is 19.8 Å². The largest absolute Gasteiger partial charge is 0.478 e. The molecule has 5 N–H and O–H groups in total. The third kappa shape index (κ3) is 6.25. The first-order valence-corrected chi connectivity index (χ1v) is 9.38. The number of hydrogen-bond acceptors (Lipinski definition) is 5. The van der Waals surface area contributed by atoms with Crippen LogP contribution in [0.4, 0.5) is 0 Å². The third-order valence-electron chi connectivity index (χ3n) is 3.84. The van der Waals surface area contributed by atoms with Crippen LogP contribution < -0.4 is 11.1 Å². The highest BCUT2D eigenvalue weighted by molar-refractivity contribution is 7.98. The molecule has 1 atom stereocenters. The Bertz CT molecular complexity index is 760. The van der Waals surface area contributed by atoms with Crippen molar-refractivity contribution in [2.24, 2.45) is 5.73 Å². The topological polar surface area (TPSA) is 113 Å². The van der Waals surface area contributed by atoms with Crippen molar-refractivity contribution in [1.82, 2.24) is 5.32 Å². The van der Waals surface area contributed by atoms with Gasteiger partial charge in [0.1, 0.15) is 0 Å². The molecule has 7 heteroatoms. The average molecular weight is 386 g/mol. The highest BCUT2D eigenvalue weighted by Gasteiger charge is 2.22. The highest BCUT2D eigenvalue weighted by atomic mass is 32.2. The Kier molecular flexibility index (Phi) is 8.06. The lowest BCUT2D eigenvalue weighted by Gasteiger charge is -2.21. The van der Waals surface area contributed by atoms with Gasteiger partial charge in [0, 0.05) is 35.9 Å². The van der Waals surface area contributed by atoms with Gasteiger partial charge in [0.15, 0.2) is 0 Å². The molecule has 0 saturated heterocycles. The molecular formula is C20H22N2O4S. The Morgan fingerprint density at radius 2 is 1.63 bits per heavy atom. The summed E-state index contributed by atoms with van der Waals surface area (Å²) in [5, 5.41) is 19.2. The monoisotopic (exact) mass is 386 g/mol. The Morgan fingerprint density at radius 1 is 1.04 bits per heavy atom. The number of benzene rings is 2. The van der Waals surface area contributed by atoms with Gasteiger partial charge < -0.3 is 21.3 Å². The van der Waals surface area contributed by atoms with E-state index in [1.54, 1.807) is 0 Å². The number of nitrogens with one attached hydrogen (secondary N) is 1. The highest BCUT2D eigenvalue weighted by Crippen LogP contribution is 2.38. The molecule has 0 aliphatic carbocycles. The predicted molar refractivity (Wildman–Crippen MR) is 106 cm³/mol. The van der Waals surface area contributed by atoms with Gasteiger partial charge in [-0.05, 0) is 22.8 Å². The fourth-order valence-corrected chi connectivity index (χ4v) is 3.81. The normalized spacial score (nSPS) is 15.1. The van der Waals surface area contributed by atoms with Crippen LogP contribution in [0.1, 0.15) is 22.7 Å². The van der Waals surface area contributed by atoms with Crippen molar-refractivity contribution in [3.8, 4) is 0 Å². The summed E-state index contributed by atoms with van der Waals surface area (Å²) in [4.78, 5) is 20.5. The molecule has 0 bridgehead atoms. The molecule has 1 unspecified atom stereocenters. The smallest absolute Gasteiger partial charge is 0.328 e. The fraction of sp³-hybridized carbons (Fsp3) is 0.200. The lowest BCUT2D eigenvalue weighted by molar-refractivity contribution is -0.134. The molecular weight excluding hydrogens is 364 g/mol. The van der Waals surface area contributed by atoms with E-state index >= 15 is 0 Å². The summed E-state index contributed by atoms with van der Waals surface area (Å²) in [6.07, 6.45) is 1.12. The summed E-state index contributed by atoms with van der Waals surface area (Å²) >= 11 is 1.92. The van der Waals surface area contributed by atoms with Gasteiger partial charge in [0.25, 0.3) is 0 Å². The van der Waals surface area contributed by atoms with Gasteiger partial charge in [0.2, 0.25) is 0 Å². The third-order valence-corrected chi connectivity index (χ3v) is 4.98. The molecule has 0 radical (unpaired) electrons. The van der Waals surface area contributed by atoms with Crippen LogP contribution in [0.3, 0.4) is 0 Å². The van der Waals surface area contributed by atoms with E-state index in [1.165, 1.54) is 21.6 Å². The molecule has 0 amide bonds. The van der Waals surface area contributed by atoms with Crippen molar-refractivity contribution in [2.45, 2.75) is 16.7 Å². The Morgan fingerprint density at radius 3 is 2.26 bits per heavy atom. The van der Waals surface area contributed by atoms with Gasteiger partial charge in [-0.15, -0.1) is 11.8 Å². The first-order valence-electron chi connectivity index (χ1n) is 8.40. The van der Waals surface area contributed by atoms with E-state index in [9.17, 15) is 9.59 Å². The summed E-state index contributed by atoms with van der Waals surface area (Å²) in [7, 11) is 0. The second kappa shape index (κ2) is 10.5. The van der Waals surface area contributed by atoms with Crippen LogP contribution in [-0.4, -0.2) is 35.2 Å². The van der Waals surface area contributed by atoms with E-state index in [2.05, 4.69) is 53.8 Å². The molecule has 0 fully saturated rings. The SMILES string of the molecule is NCCNC1c2ccccc2CSc2ccccc21.O=C(O)/C=C\C(=O)O. The van der Waals surface area contributed by atoms with E-state index < -0.39 is 11.9 Å². The van der Waals surface area contributed by atoms with Crippen molar-refractivity contribution in [1.29, 1.82) is 0 Å². The van der Waals surface area contributed by atoms with Crippen LogP contribution in [0.15, 0.2) is 65.6 Å². The molecule has 1 heterocycles. The zero-order valence-corrected chi connectivity index (χ0v) is 15.5. The Balaban J connectivity index is 0.000000279. The van der Waals surface area contributed by atoms with E-state index in [4.69, 9.17) is 15.9 Å². The first-order chi connectivity index (χ1) is 13.0. The van der Waals surface area contributed by atoms with Crippen LogP contribution in [-0.2, 0) is 15.3 Å². The van der Waals surface area contributed by atoms with Gasteiger partial charge in [0.05, 0.1) is 6.04 Å². The maximum atomic E-state index is 9.55. The molecule has 1 aliphatic rings. The molecule has 0 spiro atoms. The lowest BCUT2D eigenvalue weighted by atomic mass is 9.95. The summed E-state index contributed by atoms with van der Waals surface area (Å²) in [5.74, 6) is -1.48. The molecule has 1 aliphatic heterocycles. The van der Waals surface area contributed by atoms with Crippen molar-refractivity contribution in [3.63, 3.8) is 0 Å². The van der Waals surface area contributed by atoms with E-state index in [0.29, 0.717) is 18.7 Å². The van der Waals surface area contributed by atoms with Crippen molar-refractivity contribution in [2.75, 3.05) is 13.1 Å². The zero-order chi connectivity index (χ0) is 19.6. The molecule has 142 valence electrons. The van der Waals surface area contributed by atoms with Crippen LogP contribution >= 0.6 is 11.8 Å². The molecule has 2 aromatic rings. The number of carboxylic acid groups (broad SMARTS) is 2. The number of nitrogens with two attached hydrogens (primary N) is 1. The number of aliphatic carboxylic acids is 2. The molecule has 0 aromatic heterocycles. The number of hydrogen-bond donors (Lipinski definition) is 4. The minimum atomic E-state index is -1.26. The van der Waals surface area contributed by atoms with E-state index in [0.717, 1.165) is 12.3 Å². The van der Waals surface area contributed by atoms with Crippen LogP contribution in [0.2, 0.25) is 0 Å². The fourth-order valence-electron chi connectivity index (χ4n) is 2.71. The lowest BCUT2D eigenvalue weighted by Crippen LogP contribution is -2.28. The van der Waals surface area contributed by atoms with Gasteiger partial charge in [-0.3, -0.25) is 0 Å². The number of carbonyl (C=O) groups is 2. The van der Waals surface area contributed by atoms with Gasteiger partial charge >= 0.3 is 11.9 Å². The summed E-state index contributed by atoms with van der Waals surface area (Å²) < 4.78 is 0. The van der Waals surface area contributed by atoms with Crippen LogP contribution in [0.25, 0.3) is 0 Å². The van der Waals surface area contributed by atoms with E-state index in [-0.39, 0.29) is 6.04 Å². The zero-order valence-electron chi connectivity index (χ0n) is 14.7. The van der Waals surface area contributed by atoms with Crippen molar-refractivity contribution >= 4 is 23.7 Å². The Hall–Kier alpha value is -2.61. The molecule has 0 saturated carbocycles. The summed E-state index contributed by atoms with van der Waals surface area (Å²) in [6, 6.07) is 17.6. The Labute approximate surface area is 162 Å². The molecule has 27 heavy (non-hydrogen) atoms. The number of rotatable bonds is 5. The number of fused-ring (bicyclic) bond motifs is 2. The molecule has 2 aromatic carbocycles. The maximum absolute atomic E-state index is 9.55. The first kappa shape index (κ1) is 20.7. The second-order valence-electron chi connectivity index (χ2n) is 5.71. The average Bonchev–Trinajstić information content (AvgIpc) is 2.82. The second-order valence-corrected chi connectivity index (χ2v) is 6.73. The van der Waals surface area contributed by atoms with Gasteiger partial charge in [-0.25, -0.2) is 9.59 Å². The van der Waals surface area contributed by atoms with Crippen LogP contribution in [0, 0.1) is 0 Å². The summed E-state index contributed by atoms with van der Waals surface area (Å²) in [6.45, 7) is 1.49. The van der Waals surface area contributed by atoms with E-state index in [1.807, 2.05) is 11.8 Å². The molecule has 3 rings (SSSR count). The van der Waals surface area contributed by atoms with Gasteiger partial charge in [-0.2, -0.15) is 0 Å². The predicted octanol–water partition coefficient (Wildman–Crippen LogP) is 2.64. The van der Waals surface area contributed by atoms with Gasteiger partial charge in [-0.1, -0.05) is 42.5 Å². The minimum absolute atomic E-state index is 0.256. The maximum Gasteiger partial charge on any atom is 0.328 e. The molecule has 6 nitrogen and oxygen atoms in total. The standard InChI is InChI=1S/C16H18N2S.C4H4O4/c17-9-10-18-16-13-6-2-1-5-12(13)11-19-15-8-4-3-7-14(15)16;5-3(6)1-2-4(7)8/h1-8,16,18H,9-11,17H2;1-2H,(H,5,6)(H,7,8)/b;2-1-. The van der Waals surface area contributed by atoms with Crippen molar-refractivity contribution in [3.05, 3.63) is 77.4 Å². The number of carboxylic acids is 2. The summed E-state index contributed by atoms with van der Waals surface area (Å²) in [5.41, 5.74) is 9.82. The van der Waals surface area contributed by atoms with Crippen LogP contribution in [0.5, 0.6) is 0 Å². The number of thioether (sulfide) groups is 1. The minimum Gasteiger partial charge on any atom is -0.478 e. The quantitative estimate of drug-likeness (QED) is 0.584.